The Labute approximate surface area is 186 Å². The number of rotatable bonds is 6. The van der Waals surface area contributed by atoms with Gasteiger partial charge in [0.15, 0.2) is 11.0 Å². The Balaban J connectivity index is 1.65. The molecule has 1 aromatic heterocycles. The van der Waals surface area contributed by atoms with Gasteiger partial charge in [-0.25, -0.2) is 0 Å². The Kier molecular flexibility index (Phi) is 6.46. The highest BCUT2D eigenvalue weighted by Crippen LogP contribution is 2.30. The average molecular weight is 439 g/mol. The topological polar surface area (TPSA) is 80.5 Å². The first-order valence-electron chi connectivity index (χ1n) is 10.4. The summed E-state index contributed by atoms with van der Waals surface area (Å²) < 4.78 is 7.31. The van der Waals surface area contributed by atoms with Gasteiger partial charge in [0.05, 0.1) is 18.6 Å². The molecular weight excluding hydrogens is 412 g/mol. The minimum Gasteiger partial charge on any atom is -0.508 e. The van der Waals surface area contributed by atoms with Crippen LogP contribution in [0, 0.1) is 0 Å². The fourth-order valence-electron chi connectivity index (χ4n) is 3.82. The van der Waals surface area contributed by atoms with Crippen molar-refractivity contribution in [3.63, 3.8) is 0 Å². The van der Waals surface area contributed by atoms with E-state index in [1.165, 1.54) is 18.2 Å². The number of benzene rings is 2. The largest absolute Gasteiger partial charge is 0.508 e. The van der Waals surface area contributed by atoms with E-state index in [1.807, 2.05) is 33.7 Å². The van der Waals surface area contributed by atoms with Crippen molar-refractivity contribution in [3.8, 4) is 28.6 Å². The molecule has 31 heavy (non-hydrogen) atoms. The molecular formula is C23H26N4O3S. The van der Waals surface area contributed by atoms with Gasteiger partial charge in [-0.3, -0.25) is 9.36 Å². The van der Waals surface area contributed by atoms with Gasteiger partial charge < -0.3 is 14.7 Å². The second-order valence-electron chi connectivity index (χ2n) is 7.61. The number of hydrogen-bond acceptors (Lipinski definition) is 6. The van der Waals surface area contributed by atoms with Crippen LogP contribution in [0.5, 0.6) is 11.5 Å². The summed E-state index contributed by atoms with van der Waals surface area (Å²) in [6.07, 6.45) is 3.30. The summed E-state index contributed by atoms with van der Waals surface area (Å²) in [5, 5.41) is 19.1. The number of phenolic OH excluding ortho intramolecular Hbond substituents is 1. The van der Waals surface area contributed by atoms with Gasteiger partial charge in [0.2, 0.25) is 5.91 Å². The van der Waals surface area contributed by atoms with Gasteiger partial charge in [0, 0.05) is 24.2 Å². The van der Waals surface area contributed by atoms with E-state index in [4.69, 9.17) is 4.74 Å². The van der Waals surface area contributed by atoms with Gasteiger partial charge in [-0.15, -0.1) is 10.2 Å². The molecule has 0 unspecified atom stereocenters. The number of amides is 1. The number of carbonyl (C=O) groups is 1. The predicted octanol–water partition coefficient (Wildman–Crippen LogP) is 4.14. The number of methoxy groups -OCH3 is 1. The zero-order valence-electron chi connectivity index (χ0n) is 17.7. The summed E-state index contributed by atoms with van der Waals surface area (Å²) in [5.74, 6) is 1.98. The predicted molar refractivity (Wildman–Crippen MR) is 121 cm³/mol. The Hall–Kier alpha value is -3.00. The molecule has 1 aliphatic heterocycles. The molecule has 1 aliphatic rings. The number of carbonyl (C=O) groups excluding carboxylic acids is 1. The molecule has 0 radical (unpaired) electrons. The van der Waals surface area contributed by atoms with Gasteiger partial charge in [-0.1, -0.05) is 17.8 Å². The van der Waals surface area contributed by atoms with Crippen LogP contribution in [0.15, 0.2) is 53.7 Å². The molecule has 0 spiro atoms. The van der Waals surface area contributed by atoms with Crippen LogP contribution >= 0.6 is 11.8 Å². The van der Waals surface area contributed by atoms with E-state index < -0.39 is 0 Å². The minimum absolute atomic E-state index is 0.128. The zero-order valence-corrected chi connectivity index (χ0v) is 18.5. The maximum atomic E-state index is 12.8. The van der Waals surface area contributed by atoms with Crippen molar-refractivity contribution >= 4 is 17.7 Å². The number of piperidine rings is 1. The number of phenols is 1. The highest BCUT2D eigenvalue weighted by Gasteiger charge is 2.24. The molecule has 2 aromatic carbocycles. The van der Waals surface area contributed by atoms with Crippen molar-refractivity contribution in [3.05, 3.63) is 48.5 Å². The van der Waals surface area contributed by atoms with Crippen molar-refractivity contribution in [1.82, 2.24) is 19.7 Å². The van der Waals surface area contributed by atoms with Crippen molar-refractivity contribution in [1.29, 1.82) is 0 Å². The fourth-order valence-corrected chi connectivity index (χ4v) is 4.66. The van der Waals surface area contributed by atoms with Crippen LogP contribution in [-0.4, -0.2) is 56.1 Å². The third kappa shape index (κ3) is 4.69. The van der Waals surface area contributed by atoms with Crippen molar-refractivity contribution < 1.29 is 14.6 Å². The average Bonchev–Trinajstić information content (AvgIpc) is 3.22. The van der Waals surface area contributed by atoms with Crippen LogP contribution in [0.4, 0.5) is 0 Å². The van der Waals surface area contributed by atoms with Crippen LogP contribution in [0.1, 0.15) is 26.2 Å². The van der Waals surface area contributed by atoms with E-state index in [1.54, 1.807) is 31.4 Å². The van der Waals surface area contributed by atoms with Crippen molar-refractivity contribution in [2.75, 3.05) is 19.4 Å². The molecule has 7 nitrogen and oxygen atoms in total. The third-order valence-corrected chi connectivity index (χ3v) is 6.43. The summed E-state index contributed by atoms with van der Waals surface area (Å²) >= 11 is 1.39. The Morgan fingerprint density at radius 1 is 1.19 bits per heavy atom. The standard InChI is InChI=1S/C23H26N4O3S/c1-16-6-3-4-13-26(16)21(29)15-31-23-25-24-22(17-9-11-19(28)12-10-17)27(23)18-7-5-8-20(14-18)30-2/h5,7-12,14,16,28H,3-4,6,13,15H2,1-2H3/t16-/m1/s1. The van der Waals surface area contributed by atoms with E-state index in [-0.39, 0.29) is 17.7 Å². The monoisotopic (exact) mass is 438 g/mol. The van der Waals surface area contributed by atoms with E-state index in [9.17, 15) is 9.90 Å². The summed E-state index contributed by atoms with van der Waals surface area (Å²) in [4.78, 5) is 14.8. The first-order valence-corrected chi connectivity index (χ1v) is 11.4. The third-order valence-electron chi connectivity index (χ3n) is 5.52. The summed E-state index contributed by atoms with van der Waals surface area (Å²) in [7, 11) is 1.63. The Morgan fingerprint density at radius 3 is 2.74 bits per heavy atom. The quantitative estimate of drug-likeness (QED) is 0.583. The molecule has 0 bridgehead atoms. The molecule has 0 aliphatic carbocycles. The van der Waals surface area contributed by atoms with Crippen LogP contribution < -0.4 is 4.74 Å². The second-order valence-corrected chi connectivity index (χ2v) is 8.55. The maximum absolute atomic E-state index is 12.8. The van der Waals surface area contributed by atoms with Crippen LogP contribution in [0.2, 0.25) is 0 Å². The first kappa shape index (κ1) is 21.2. The highest BCUT2D eigenvalue weighted by atomic mass is 32.2. The van der Waals surface area contributed by atoms with Crippen molar-refractivity contribution in [2.24, 2.45) is 0 Å². The molecule has 162 valence electrons. The summed E-state index contributed by atoms with van der Waals surface area (Å²) in [6.45, 7) is 2.94. The normalized spacial score (nSPS) is 16.3. The first-order chi connectivity index (χ1) is 15.1. The van der Waals surface area contributed by atoms with Crippen LogP contribution in [0.3, 0.4) is 0 Å². The number of aromatic nitrogens is 3. The minimum atomic E-state index is 0.128. The zero-order chi connectivity index (χ0) is 21.8. The Morgan fingerprint density at radius 2 is 2.00 bits per heavy atom. The second kappa shape index (κ2) is 9.43. The van der Waals surface area contributed by atoms with Gasteiger partial charge in [0.1, 0.15) is 11.5 Å². The lowest BCUT2D eigenvalue weighted by Crippen LogP contribution is -2.42. The van der Waals surface area contributed by atoms with E-state index in [0.29, 0.717) is 16.7 Å². The molecule has 1 fully saturated rings. The van der Waals surface area contributed by atoms with Gasteiger partial charge >= 0.3 is 0 Å². The smallest absolute Gasteiger partial charge is 0.233 e. The SMILES string of the molecule is COc1cccc(-n2c(SCC(=O)N3CCCC[C@H]3C)nnc2-c2ccc(O)cc2)c1. The molecule has 8 heteroatoms. The number of likely N-dealkylation sites (tertiary alicyclic amines) is 1. The lowest BCUT2D eigenvalue weighted by atomic mass is 10.0. The number of nitrogens with zero attached hydrogens (tertiary/aromatic N) is 4. The maximum Gasteiger partial charge on any atom is 0.233 e. The van der Waals surface area contributed by atoms with E-state index in [0.717, 1.165) is 36.4 Å². The lowest BCUT2D eigenvalue weighted by molar-refractivity contribution is -0.131. The molecule has 2 heterocycles. The molecule has 1 amide bonds. The number of aromatic hydroxyl groups is 1. The highest BCUT2D eigenvalue weighted by molar-refractivity contribution is 7.99. The molecule has 4 rings (SSSR count). The van der Waals surface area contributed by atoms with Crippen LogP contribution in [-0.2, 0) is 4.79 Å². The molecule has 1 N–H and O–H groups in total. The number of hydrogen-bond donors (Lipinski definition) is 1. The summed E-state index contributed by atoms with van der Waals surface area (Å²) in [6, 6.07) is 14.8. The number of thioether (sulfide) groups is 1. The van der Waals surface area contributed by atoms with Gasteiger partial charge in [-0.05, 0) is 62.6 Å². The molecule has 1 saturated heterocycles. The number of ether oxygens (including phenoxy) is 1. The Bertz CT molecular complexity index is 1050. The van der Waals surface area contributed by atoms with E-state index >= 15 is 0 Å². The van der Waals surface area contributed by atoms with Crippen molar-refractivity contribution in [2.45, 2.75) is 37.4 Å². The molecule has 3 aromatic rings. The molecule has 1 atom stereocenters. The summed E-state index contributed by atoms with van der Waals surface area (Å²) in [5.41, 5.74) is 1.66. The van der Waals surface area contributed by atoms with Crippen LogP contribution in [0.25, 0.3) is 17.1 Å². The molecule has 0 saturated carbocycles. The van der Waals surface area contributed by atoms with Gasteiger partial charge in [-0.2, -0.15) is 0 Å². The van der Waals surface area contributed by atoms with Gasteiger partial charge in [0.25, 0.3) is 0 Å². The van der Waals surface area contributed by atoms with E-state index in [2.05, 4.69) is 17.1 Å². The lowest BCUT2D eigenvalue weighted by Gasteiger charge is -2.33. The fraction of sp³-hybridized carbons (Fsp3) is 0.348.